The first-order valence-electron chi connectivity index (χ1n) is 9.36. The number of sulfonamides is 1. The first-order chi connectivity index (χ1) is 12.4. The fourth-order valence-corrected chi connectivity index (χ4v) is 5.49. The van der Waals surface area contributed by atoms with E-state index in [9.17, 15) is 13.2 Å². The Hall–Kier alpha value is -1.60. The second kappa shape index (κ2) is 7.96. The van der Waals surface area contributed by atoms with Crippen molar-refractivity contribution >= 4 is 15.9 Å². The lowest BCUT2D eigenvalue weighted by molar-refractivity contribution is -0.135. The molecule has 144 valence electrons. The van der Waals surface area contributed by atoms with Gasteiger partial charge in [0.1, 0.15) is 5.75 Å². The molecular formula is C19H28N2O4S. The van der Waals surface area contributed by atoms with Crippen LogP contribution in [-0.2, 0) is 14.8 Å². The Balaban J connectivity index is 1.63. The first-order valence-corrected chi connectivity index (χ1v) is 10.8. The third kappa shape index (κ3) is 4.20. The van der Waals surface area contributed by atoms with Crippen LogP contribution in [0, 0.1) is 12.8 Å². The van der Waals surface area contributed by atoms with Crippen LogP contribution in [0.1, 0.15) is 44.1 Å². The fourth-order valence-electron chi connectivity index (χ4n) is 4.00. The highest BCUT2D eigenvalue weighted by Crippen LogP contribution is 2.27. The summed E-state index contributed by atoms with van der Waals surface area (Å²) < 4.78 is 33.4. The van der Waals surface area contributed by atoms with E-state index in [1.165, 1.54) is 6.42 Å². The van der Waals surface area contributed by atoms with Gasteiger partial charge in [0.15, 0.2) is 0 Å². The minimum absolute atomic E-state index is 0.128. The summed E-state index contributed by atoms with van der Waals surface area (Å²) in [6, 6.07) is 4.70. The molecule has 1 saturated heterocycles. The van der Waals surface area contributed by atoms with Crippen LogP contribution < -0.4 is 9.46 Å². The van der Waals surface area contributed by atoms with E-state index in [-0.39, 0.29) is 22.8 Å². The van der Waals surface area contributed by atoms with Crippen LogP contribution in [0.3, 0.4) is 0 Å². The maximum absolute atomic E-state index is 12.7. The number of likely N-dealkylation sites (tertiary alicyclic amines) is 1. The van der Waals surface area contributed by atoms with Crippen molar-refractivity contribution in [2.75, 3.05) is 20.2 Å². The van der Waals surface area contributed by atoms with E-state index in [1.54, 1.807) is 32.2 Å². The van der Waals surface area contributed by atoms with Crippen LogP contribution in [0.5, 0.6) is 5.75 Å². The van der Waals surface area contributed by atoms with Gasteiger partial charge in [0, 0.05) is 25.0 Å². The molecule has 1 aliphatic carbocycles. The van der Waals surface area contributed by atoms with E-state index in [0.717, 1.165) is 25.7 Å². The molecule has 2 fully saturated rings. The van der Waals surface area contributed by atoms with Crippen LogP contribution in [-0.4, -0.2) is 45.5 Å². The minimum Gasteiger partial charge on any atom is -0.497 e. The highest BCUT2D eigenvalue weighted by Gasteiger charge is 2.33. The molecular weight excluding hydrogens is 352 g/mol. The average Bonchev–Trinajstić information content (AvgIpc) is 3.09. The molecule has 1 amide bonds. The number of nitrogens with one attached hydrogen (secondary N) is 1. The summed E-state index contributed by atoms with van der Waals surface area (Å²) in [4.78, 5) is 14.7. The Bertz CT molecular complexity index is 757. The lowest BCUT2D eigenvalue weighted by atomic mass is 9.88. The van der Waals surface area contributed by atoms with E-state index in [4.69, 9.17) is 4.74 Å². The number of methoxy groups -OCH3 is 1. The maximum Gasteiger partial charge on any atom is 0.241 e. The van der Waals surface area contributed by atoms with Crippen LogP contribution in [0.15, 0.2) is 23.1 Å². The Morgan fingerprint density at radius 1 is 1.19 bits per heavy atom. The summed E-state index contributed by atoms with van der Waals surface area (Å²) in [5.41, 5.74) is 0.644. The van der Waals surface area contributed by atoms with Crippen molar-refractivity contribution in [3.63, 3.8) is 0 Å². The van der Waals surface area contributed by atoms with Crippen LogP contribution in [0.25, 0.3) is 0 Å². The molecule has 6 nitrogen and oxygen atoms in total. The quantitative estimate of drug-likeness (QED) is 0.851. The van der Waals surface area contributed by atoms with E-state index in [2.05, 4.69) is 4.72 Å². The SMILES string of the molecule is COc1ccc(S(=O)(=O)NC2CCN(C(=O)C3CCCCC3)C2)c(C)c1. The number of amides is 1. The molecule has 26 heavy (non-hydrogen) atoms. The maximum atomic E-state index is 12.7. The first kappa shape index (κ1) is 19.2. The van der Waals surface area contributed by atoms with Gasteiger partial charge >= 0.3 is 0 Å². The third-order valence-corrected chi connectivity index (χ3v) is 7.13. The fraction of sp³-hybridized carbons (Fsp3) is 0.632. The Labute approximate surface area is 156 Å². The Morgan fingerprint density at radius 3 is 2.58 bits per heavy atom. The largest absolute Gasteiger partial charge is 0.497 e. The van der Waals surface area contributed by atoms with Gasteiger partial charge in [0.25, 0.3) is 0 Å². The zero-order chi connectivity index (χ0) is 18.7. The molecule has 7 heteroatoms. The van der Waals surface area contributed by atoms with Gasteiger partial charge in [-0.3, -0.25) is 4.79 Å². The molecule has 1 atom stereocenters. The monoisotopic (exact) mass is 380 g/mol. The Kier molecular flexibility index (Phi) is 5.87. The van der Waals surface area contributed by atoms with Crippen LogP contribution in [0.4, 0.5) is 0 Å². The highest BCUT2D eigenvalue weighted by molar-refractivity contribution is 7.89. The third-order valence-electron chi connectivity index (χ3n) is 5.45. The molecule has 3 rings (SSSR count). The predicted octanol–water partition coefficient (Wildman–Crippen LogP) is 2.46. The summed E-state index contributed by atoms with van der Waals surface area (Å²) in [6.07, 6.45) is 6.06. The molecule has 1 saturated carbocycles. The molecule has 1 N–H and O–H groups in total. The van der Waals surface area contributed by atoms with Gasteiger partial charge < -0.3 is 9.64 Å². The molecule has 2 aliphatic rings. The van der Waals surface area contributed by atoms with Crippen molar-refractivity contribution < 1.29 is 17.9 Å². The number of aryl methyl sites for hydroxylation is 1. The molecule has 0 spiro atoms. The highest BCUT2D eigenvalue weighted by atomic mass is 32.2. The summed E-state index contributed by atoms with van der Waals surface area (Å²) in [7, 11) is -2.06. The normalized spacial score (nSPS) is 21.8. The predicted molar refractivity (Wildman–Crippen MR) is 99.6 cm³/mol. The van der Waals surface area contributed by atoms with Gasteiger partial charge in [-0.2, -0.15) is 0 Å². The Morgan fingerprint density at radius 2 is 1.92 bits per heavy atom. The number of carbonyl (C=O) groups is 1. The molecule has 0 bridgehead atoms. The molecule has 1 aromatic rings. The molecule has 1 aromatic carbocycles. The lowest BCUT2D eigenvalue weighted by Crippen LogP contribution is -2.40. The smallest absolute Gasteiger partial charge is 0.241 e. The van der Waals surface area contributed by atoms with Crippen molar-refractivity contribution in [1.29, 1.82) is 0 Å². The zero-order valence-electron chi connectivity index (χ0n) is 15.5. The van der Waals surface area contributed by atoms with Crippen molar-refractivity contribution in [2.24, 2.45) is 5.92 Å². The summed E-state index contributed by atoms with van der Waals surface area (Å²) >= 11 is 0. The standard InChI is InChI=1S/C19H28N2O4S/c1-14-12-17(25-2)8-9-18(14)26(23,24)20-16-10-11-21(13-16)19(22)15-6-4-3-5-7-15/h8-9,12,15-16,20H,3-7,10-11,13H2,1-2H3. The summed E-state index contributed by atoms with van der Waals surface area (Å²) in [5.74, 6) is 0.960. The van der Waals surface area contributed by atoms with Gasteiger partial charge in [-0.1, -0.05) is 19.3 Å². The number of nitrogens with zero attached hydrogens (tertiary/aromatic N) is 1. The van der Waals surface area contributed by atoms with Gasteiger partial charge in [-0.25, -0.2) is 13.1 Å². The molecule has 1 unspecified atom stereocenters. The molecule has 1 aliphatic heterocycles. The lowest BCUT2D eigenvalue weighted by Gasteiger charge is -2.26. The average molecular weight is 381 g/mol. The molecule has 0 aromatic heterocycles. The van der Waals surface area contributed by atoms with E-state index in [0.29, 0.717) is 30.8 Å². The topological polar surface area (TPSA) is 75.7 Å². The number of ether oxygens (including phenoxy) is 1. The zero-order valence-corrected chi connectivity index (χ0v) is 16.3. The molecule has 0 radical (unpaired) electrons. The van der Waals surface area contributed by atoms with Crippen molar-refractivity contribution in [3.05, 3.63) is 23.8 Å². The van der Waals surface area contributed by atoms with Gasteiger partial charge in [0.05, 0.1) is 12.0 Å². The summed E-state index contributed by atoms with van der Waals surface area (Å²) in [6.45, 7) is 2.85. The van der Waals surface area contributed by atoms with E-state index >= 15 is 0 Å². The number of carbonyl (C=O) groups excluding carboxylic acids is 1. The number of hydrogen-bond donors (Lipinski definition) is 1. The van der Waals surface area contributed by atoms with Crippen molar-refractivity contribution in [3.8, 4) is 5.75 Å². The van der Waals surface area contributed by atoms with Gasteiger partial charge in [-0.05, 0) is 49.9 Å². The van der Waals surface area contributed by atoms with Gasteiger partial charge in [-0.15, -0.1) is 0 Å². The van der Waals surface area contributed by atoms with Crippen molar-refractivity contribution in [1.82, 2.24) is 9.62 Å². The number of hydrogen-bond acceptors (Lipinski definition) is 4. The molecule has 1 heterocycles. The van der Waals surface area contributed by atoms with Crippen LogP contribution in [0.2, 0.25) is 0 Å². The van der Waals surface area contributed by atoms with Crippen molar-refractivity contribution in [2.45, 2.75) is 56.4 Å². The minimum atomic E-state index is -3.62. The van der Waals surface area contributed by atoms with Crippen LogP contribution >= 0.6 is 0 Å². The van der Waals surface area contributed by atoms with E-state index in [1.807, 2.05) is 4.90 Å². The second-order valence-electron chi connectivity index (χ2n) is 7.36. The number of benzene rings is 1. The van der Waals surface area contributed by atoms with E-state index < -0.39 is 10.0 Å². The second-order valence-corrected chi connectivity index (χ2v) is 9.04. The summed E-state index contributed by atoms with van der Waals surface area (Å²) in [5, 5.41) is 0. The number of rotatable bonds is 5. The van der Waals surface area contributed by atoms with Gasteiger partial charge in [0.2, 0.25) is 15.9 Å².